The summed E-state index contributed by atoms with van der Waals surface area (Å²) in [7, 11) is -1.51. The van der Waals surface area contributed by atoms with E-state index in [-0.39, 0.29) is 23.5 Å². The van der Waals surface area contributed by atoms with Gasteiger partial charge in [0.25, 0.3) is 9.04 Å². The molecule has 0 amide bonds. The first-order valence-corrected chi connectivity index (χ1v) is 13.2. The van der Waals surface area contributed by atoms with Gasteiger partial charge in [-0.3, -0.25) is 4.98 Å². The van der Waals surface area contributed by atoms with E-state index in [4.69, 9.17) is 9.16 Å². The molecular formula is C28H34NO3Si. The fourth-order valence-corrected chi connectivity index (χ4v) is 6.64. The number of benzene rings is 2. The van der Waals surface area contributed by atoms with Crippen LogP contribution in [-0.4, -0.2) is 37.9 Å². The van der Waals surface area contributed by atoms with Gasteiger partial charge in [-0.1, -0.05) is 87.5 Å². The monoisotopic (exact) mass is 460 g/mol. The maximum Gasteiger partial charge on any atom is 0.283 e. The lowest BCUT2D eigenvalue weighted by Gasteiger charge is -2.34. The number of pyridine rings is 1. The van der Waals surface area contributed by atoms with Gasteiger partial charge in [-0.05, 0) is 40.3 Å². The third kappa shape index (κ3) is 6.18. The molecule has 4 nitrogen and oxygen atoms in total. The number of nitrogens with zero attached hydrogens (tertiary/aromatic N) is 1. The molecule has 2 aromatic carbocycles. The van der Waals surface area contributed by atoms with Gasteiger partial charge in [-0.15, -0.1) is 0 Å². The van der Waals surface area contributed by atoms with Crippen LogP contribution in [-0.2, 0) is 9.16 Å². The van der Waals surface area contributed by atoms with Gasteiger partial charge in [0.2, 0.25) is 0 Å². The van der Waals surface area contributed by atoms with Crippen LogP contribution in [0.1, 0.15) is 45.3 Å². The summed E-state index contributed by atoms with van der Waals surface area (Å²) in [4.78, 5) is 4.29. The molecule has 3 aromatic rings. The highest BCUT2D eigenvalue weighted by Crippen LogP contribution is 2.40. The molecule has 4 rings (SSSR count). The molecule has 4 atom stereocenters. The second-order valence-corrected chi connectivity index (χ2v) is 12.1. The molecule has 173 valence electrons. The second-order valence-electron chi connectivity index (χ2n) is 10.0. The van der Waals surface area contributed by atoms with E-state index in [2.05, 4.69) is 74.3 Å². The fraction of sp³-hybridized carbons (Fsp3) is 0.393. The van der Waals surface area contributed by atoms with Crippen molar-refractivity contribution in [3.63, 3.8) is 0 Å². The molecule has 1 fully saturated rings. The number of rotatable bonds is 8. The zero-order valence-corrected chi connectivity index (χ0v) is 20.7. The van der Waals surface area contributed by atoms with Crippen LogP contribution in [0.4, 0.5) is 0 Å². The van der Waals surface area contributed by atoms with Gasteiger partial charge in [0.1, 0.15) is 0 Å². The van der Waals surface area contributed by atoms with Crippen molar-refractivity contribution in [2.75, 3.05) is 6.61 Å². The summed E-state index contributed by atoms with van der Waals surface area (Å²) in [5.41, 5.74) is 1.17. The standard InChI is InChI=1S/C28H34NO3Si/c1-28(2,3)17-16-25(26-24(30)20-31-27(26)21-11-10-18-29-19-21)32-33(22-12-6-4-7-13-22)23-14-8-5-9-15-23/h4-15,18-19,24-27,30H,16-17,20H2,1-3H3. The highest BCUT2D eigenvalue weighted by molar-refractivity contribution is 6.80. The van der Waals surface area contributed by atoms with Crippen molar-refractivity contribution < 1.29 is 14.3 Å². The zero-order chi connectivity index (χ0) is 23.3. The third-order valence-electron chi connectivity index (χ3n) is 6.20. The first-order valence-electron chi connectivity index (χ1n) is 11.8. The summed E-state index contributed by atoms with van der Waals surface area (Å²) in [5.74, 6) is -0.149. The number of hydrogen-bond acceptors (Lipinski definition) is 4. The molecule has 1 aliphatic rings. The first kappa shape index (κ1) is 23.8. The van der Waals surface area contributed by atoms with E-state index in [1.807, 2.05) is 30.5 Å². The predicted molar refractivity (Wildman–Crippen MR) is 134 cm³/mol. The summed E-state index contributed by atoms with van der Waals surface area (Å²) in [6.45, 7) is 7.08. The van der Waals surface area contributed by atoms with E-state index in [0.717, 1.165) is 18.4 Å². The Kier molecular flexibility index (Phi) is 7.76. The Labute approximate surface area is 199 Å². The lowest BCUT2D eigenvalue weighted by molar-refractivity contribution is 0.0189. The summed E-state index contributed by atoms with van der Waals surface area (Å²) in [6.07, 6.45) is 4.53. The van der Waals surface area contributed by atoms with Crippen LogP contribution in [0.2, 0.25) is 0 Å². The van der Waals surface area contributed by atoms with Crippen LogP contribution in [0.15, 0.2) is 85.2 Å². The highest BCUT2D eigenvalue weighted by Gasteiger charge is 2.44. The number of hydrogen-bond donors (Lipinski definition) is 1. The van der Waals surface area contributed by atoms with E-state index in [1.165, 1.54) is 10.4 Å². The minimum atomic E-state index is -1.51. The molecule has 0 aliphatic carbocycles. The quantitative estimate of drug-likeness (QED) is 0.513. The van der Waals surface area contributed by atoms with Crippen molar-refractivity contribution in [1.29, 1.82) is 0 Å². The molecule has 0 spiro atoms. The number of aliphatic hydroxyl groups is 1. The Hall–Kier alpha value is -2.31. The van der Waals surface area contributed by atoms with E-state index in [1.54, 1.807) is 6.20 Å². The van der Waals surface area contributed by atoms with Gasteiger partial charge in [-0.2, -0.15) is 0 Å². The van der Waals surface area contributed by atoms with Gasteiger partial charge >= 0.3 is 0 Å². The number of aliphatic hydroxyl groups excluding tert-OH is 1. The molecule has 4 unspecified atom stereocenters. The van der Waals surface area contributed by atoms with Crippen LogP contribution in [0.5, 0.6) is 0 Å². The normalized spacial score (nSPS) is 21.9. The lowest BCUT2D eigenvalue weighted by Crippen LogP contribution is -2.50. The van der Waals surface area contributed by atoms with Gasteiger partial charge in [0.15, 0.2) is 0 Å². The molecule has 1 N–H and O–H groups in total. The predicted octanol–water partition coefficient (Wildman–Crippen LogP) is 4.15. The maximum atomic E-state index is 11.1. The van der Waals surface area contributed by atoms with Crippen molar-refractivity contribution in [3.8, 4) is 0 Å². The lowest BCUT2D eigenvalue weighted by atomic mass is 9.82. The summed E-state index contributed by atoms with van der Waals surface area (Å²) < 4.78 is 13.2. The average molecular weight is 461 g/mol. The van der Waals surface area contributed by atoms with Gasteiger partial charge in [0.05, 0.1) is 24.9 Å². The maximum absolute atomic E-state index is 11.1. The van der Waals surface area contributed by atoms with Crippen LogP contribution in [0.3, 0.4) is 0 Å². The molecule has 5 heteroatoms. The van der Waals surface area contributed by atoms with Crippen molar-refractivity contribution >= 4 is 19.4 Å². The van der Waals surface area contributed by atoms with E-state index in [0.29, 0.717) is 6.61 Å². The Morgan fingerprint density at radius 2 is 1.64 bits per heavy atom. The Morgan fingerprint density at radius 3 is 2.18 bits per heavy atom. The minimum absolute atomic E-state index is 0.138. The molecule has 0 saturated carbocycles. The smallest absolute Gasteiger partial charge is 0.283 e. The molecule has 1 aliphatic heterocycles. The first-order chi connectivity index (χ1) is 15.9. The second kappa shape index (κ2) is 10.7. The molecule has 1 radical (unpaired) electrons. The Bertz CT molecular complexity index is 939. The van der Waals surface area contributed by atoms with E-state index >= 15 is 0 Å². The third-order valence-corrected chi connectivity index (χ3v) is 8.46. The van der Waals surface area contributed by atoms with Gasteiger partial charge < -0.3 is 14.3 Å². The number of aromatic nitrogens is 1. The topological polar surface area (TPSA) is 51.6 Å². The SMILES string of the molecule is CC(C)(C)CCC(O[Si](c1ccccc1)c1ccccc1)C1C(O)COC1c1cccnc1. The summed E-state index contributed by atoms with van der Waals surface area (Å²) in [5, 5.41) is 13.5. The van der Waals surface area contributed by atoms with Crippen molar-refractivity contribution in [1.82, 2.24) is 4.98 Å². The number of ether oxygens (including phenoxy) is 1. The Morgan fingerprint density at radius 1 is 1.00 bits per heavy atom. The van der Waals surface area contributed by atoms with Crippen LogP contribution >= 0.6 is 0 Å². The van der Waals surface area contributed by atoms with E-state index in [9.17, 15) is 5.11 Å². The van der Waals surface area contributed by atoms with Crippen molar-refractivity contribution in [2.45, 2.75) is 51.9 Å². The Balaban J connectivity index is 1.69. The van der Waals surface area contributed by atoms with Crippen LogP contribution in [0, 0.1) is 11.3 Å². The van der Waals surface area contributed by atoms with Gasteiger partial charge in [-0.25, -0.2) is 0 Å². The molecule has 1 aromatic heterocycles. The van der Waals surface area contributed by atoms with Crippen LogP contribution in [0.25, 0.3) is 0 Å². The van der Waals surface area contributed by atoms with Crippen molar-refractivity contribution in [3.05, 3.63) is 90.8 Å². The molecule has 1 saturated heterocycles. The largest absolute Gasteiger partial charge is 0.404 e. The van der Waals surface area contributed by atoms with Crippen LogP contribution < -0.4 is 10.4 Å². The summed E-state index contributed by atoms with van der Waals surface area (Å²) >= 11 is 0. The van der Waals surface area contributed by atoms with Crippen molar-refractivity contribution in [2.24, 2.45) is 11.3 Å². The van der Waals surface area contributed by atoms with Gasteiger partial charge in [0, 0.05) is 18.3 Å². The highest BCUT2D eigenvalue weighted by atomic mass is 28.3. The molecule has 0 bridgehead atoms. The fourth-order valence-electron chi connectivity index (χ4n) is 4.47. The average Bonchev–Trinajstić information content (AvgIpc) is 3.21. The zero-order valence-electron chi connectivity index (χ0n) is 19.7. The molecular weight excluding hydrogens is 426 g/mol. The van der Waals surface area contributed by atoms with E-state index < -0.39 is 15.1 Å². The molecule has 33 heavy (non-hydrogen) atoms. The minimum Gasteiger partial charge on any atom is -0.404 e. The molecule has 2 heterocycles. The summed E-state index contributed by atoms with van der Waals surface area (Å²) in [6, 6.07) is 24.9.